The topological polar surface area (TPSA) is 60.8 Å². The third-order valence-electron chi connectivity index (χ3n) is 3.75. The van der Waals surface area contributed by atoms with Gasteiger partial charge in [0.2, 0.25) is 0 Å². The third-order valence-corrected chi connectivity index (χ3v) is 3.75. The average molecular weight is 263 g/mol. The average Bonchev–Trinajstić information content (AvgIpc) is 2.37. The Kier molecular flexibility index (Phi) is 4.30. The number of hydrogen-bond donors (Lipinski definition) is 2. The molecule has 4 nitrogen and oxygen atoms in total. The number of rotatable bonds is 3. The first-order valence-electron chi connectivity index (χ1n) is 6.85. The number of carbonyl (C=O) groups is 1. The van der Waals surface area contributed by atoms with E-state index < -0.39 is 0 Å². The second-order valence-corrected chi connectivity index (χ2v) is 5.43. The summed E-state index contributed by atoms with van der Waals surface area (Å²) in [6.45, 7) is 0.745. The molecule has 0 bridgehead atoms. The summed E-state index contributed by atoms with van der Waals surface area (Å²) >= 11 is 0. The van der Waals surface area contributed by atoms with Gasteiger partial charge < -0.3 is 15.1 Å². The Hall–Kier alpha value is -1.71. The van der Waals surface area contributed by atoms with Crippen LogP contribution in [0.5, 0.6) is 11.5 Å². The van der Waals surface area contributed by atoms with Gasteiger partial charge in [0.05, 0.1) is 0 Å². The zero-order valence-corrected chi connectivity index (χ0v) is 11.3. The van der Waals surface area contributed by atoms with Crippen LogP contribution in [-0.4, -0.2) is 34.6 Å². The fourth-order valence-electron chi connectivity index (χ4n) is 2.78. The van der Waals surface area contributed by atoms with Crippen molar-refractivity contribution in [3.8, 4) is 11.5 Å². The normalized spacial score (nSPS) is 16.3. The van der Waals surface area contributed by atoms with Crippen molar-refractivity contribution in [2.75, 3.05) is 13.6 Å². The summed E-state index contributed by atoms with van der Waals surface area (Å²) in [4.78, 5) is 13.9. The van der Waals surface area contributed by atoms with E-state index >= 15 is 0 Å². The first kappa shape index (κ1) is 13.7. The fraction of sp³-hybridized carbons (Fsp3) is 0.533. The number of phenols is 2. The molecular formula is C15H21NO3. The Morgan fingerprint density at radius 3 is 2.32 bits per heavy atom. The second kappa shape index (κ2) is 5.95. The molecule has 1 amide bonds. The van der Waals surface area contributed by atoms with Crippen molar-refractivity contribution in [2.24, 2.45) is 5.92 Å². The molecule has 0 aliphatic heterocycles. The fourth-order valence-corrected chi connectivity index (χ4v) is 2.78. The van der Waals surface area contributed by atoms with Gasteiger partial charge in [0.15, 0.2) is 0 Å². The molecule has 0 heterocycles. The van der Waals surface area contributed by atoms with Gasteiger partial charge in [-0.1, -0.05) is 19.3 Å². The predicted octanol–water partition coefficient (Wildman–Crippen LogP) is 2.75. The smallest absolute Gasteiger partial charge is 0.253 e. The first-order chi connectivity index (χ1) is 9.06. The maximum absolute atomic E-state index is 12.2. The van der Waals surface area contributed by atoms with Crippen LogP contribution in [0.3, 0.4) is 0 Å². The van der Waals surface area contributed by atoms with E-state index in [4.69, 9.17) is 0 Å². The highest BCUT2D eigenvalue weighted by molar-refractivity contribution is 5.94. The van der Waals surface area contributed by atoms with E-state index in [0.29, 0.717) is 11.5 Å². The molecule has 1 aromatic rings. The molecule has 0 radical (unpaired) electrons. The minimum atomic E-state index is -0.156. The van der Waals surface area contributed by atoms with Crippen molar-refractivity contribution >= 4 is 5.91 Å². The lowest BCUT2D eigenvalue weighted by Crippen LogP contribution is -2.32. The highest BCUT2D eigenvalue weighted by Crippen LogP contribution is 2.25. The number of phenolic OH excluding ortho intramolecular Hbond substituents is 2. The molecule has 19 heavy (non-hydrogen) atoms. The minimum Gasteiger partial charge on any atom is -0.508 e. The molecule has 1 aromatic carbocycles. The van der Waals surface area contributed by atoms with Gasteiger partial charge in [-0.05, 0) is 30.9 Å². The molecule has 2 N–H and O–H groups in total. The number of hydrogen-bond acceptors (Lipinski definition) is 3. The molecule has 4 heteroatoms. The van der Waals surface area contributed by atoms with E-state index in [9.17, 15) is 15.0 Å². The first-order valence-corrected chi connectivity index (χ1v) is 6.85. The molecule has 1 saturated carbocycles. The van der Waals surface area contributed by atoms with Crippen LogP contribution in [0.25, 0.3) is 0 Å². The Bertz CT molecular complexity index is 432. The van der Waals surface area contributed by atoms with Crippen LogP contribution >= 0.6 is 0 Å². The van der Waals surface area contributed by atoms with E-state index in [1.165, 1.54) is 50.3 Å². The number of aromatic hydroxyl groups is 2. The summed E-state index contributed by atoms with van der Waals surface area (Å²) < 4.78 is 0. The highest BCUT2D eigenvalue weighted by atomic mass is 16.3. The summed E-state index contributed by atoms with van der Waals surface area (Å²) in [5.41, 5.74) is 0.329. The van der Waals surface area contributed by atoms with E-state index in [2.05, 4.69) is 0 Å². The Balaban J connectivity index is 2.01. The lowest BCUT2D eigenvalue weighted by atomic mass is 9.89. The largest absolute Gasteiger partial charge is 0.508 e. The molecule has 0 unspecified atom stereocenters. The van der Waals surface area contributed by atoms with Gasteiger partial charge in [0.25, 0.3) is 5.91 Å². The van der Waals surface area contributed by atoms with Crippen LogP contribution in [0.1, 0.15) is 42.5 Å². The molecule has 1 aliphatic carbocycles. The van der Waals surface area contributed by atoms with Crippen molar-refractivity contribution in [1.29, 1.82) is 0 Å². The molecule has 1 fully saturated rings. The van der Waals surface area contributed by atoms with Crippen molar-refractivity contribution < 1.29 is 15.0 Å². The van der Waals surface area contributed by atoms with Gasteiger partial charge in [-0.25, -0.2) is 0 Å². The molecule has 0 atom stereocenters. The number of benzene rings is 1. The maximum Gasteiger partial charge on any atom is 0.253 e. The second-order valence-electron chi connectivity index (χ2n) is 5.43. The molecule has 2 rings (SSSR count). The monoisotopic (exact) mass is 263 g/mol. The van der Waals surface area contributed by atoms with Crippen molar-refractivity contribution in [2.45, 2.75) is 32.1 Å². The van der Waals surface area contributed by atoms with Gasteiger partial charge in [0.1, 0.15) is 11.5 Å². The molecule has 104 valence electrons. The van der Waals surface area contributed by atoms with Crippen LogP contribution in [0.15, 0.2) is 18.2 Å². The van der Waals surface area contributed by atoms with E-state index in [1.54, 1.807) is 11.9 Å². The minimum absolute atomic E-state index is 0.0885. The van der Waals surface area contributed by atoms with E-state index in [0.717, 1.165) is 6.54 Å². The highest BCUT2D eigenvalue weighted by Gasteiger charge is 2.19. The zero-order chi connectivity index (χ0) is 13.8. The van der Waals surface area contributed by atoms with Gasteiger partial charge in [-0.3, -0.25) is 4.79 Å². The van der Waals surface area contributed by atoms with Gasteiger partial charge >= 0.3 is 0 Å². The third kappa shape index (κ3) is 3.63. The van der Waals surface area contributed by atoms with Crippen molar-refractivity contribution in [3.63, 3.8) is 0 Å². The summed E-state index contributed by atoms with van der Waals surface area (Å²) in [5.74, 6) is 0.245. The van der Waals surface area contributed by atoms with Crippen molar-refractivity contribution in [3.05, 3.63) is 23.8 Å². The van der Waals surface area contributed by atoms with E-state index in [-0.39, 0.29) is 17.4 Å². The Morgan fingerprint density at radius 2 is 1.74 bits per heavy atom. The number of nitrogens with zero attached hydrogens (tertiary/aromatic N) is 1. The van der Waals surface area contributed by atoms with E-state index in [1.807, 2.05) is 0 Å². The Morgan fingerprint density at radius 1 is 1.16 bits per heavy atom. The zero-order valence-electron chi connectivity index (χ0n) is 11.3. The summed E-state index contributed by atoms with van der Waals surface area (Å²) in [6.07, 6.45) is 6.17. The van der Waals surface area contributed by atoms with Crippen LogP contribution in [0.2, 0.25) is 0 Å². The SMILES string of the molecule is CN(CC1CCCCC1)C(=O)c1cc(O)cc(O)c1. The predicted molar refractivity (Wildman–Crippen MR) is 73.3 cm³/mol. The van der Waals surface area contributed by atoms with Gasteiger partial charge in [0, 0.05) is 25.2 Å². The van der Waals surface area contributed by atoms with Crippen LogP contribution in [0, 0.1) is 5.92 Å². The van der Waals surface area contributed by atoms with Crippen LogP contribution in [0.4, 0.5) is 0 Å². The lowest BCUT2D eigenvalue weighted by Gasteiger charge is -2.27. The van der Waals surface area contributed by atoms with Crippen LogP contribution in [-0.2, 0) is 0 Å². The summed E-state index contributed by atoms with van der Waals surface area (Å²) in [6, 6.07) is 4.00. The molecule has 0 aromatic heterocycles. The summed E-state index contributed by atoms with van der Waals surface area (Å²) in [5, 5.41) is 18.8. The molecule has 1 aliphatic rings. The molecule has 0 spiro atoms. The van der Waals surface area contributed by atoms with Crippen LogP contribution < -0.4 is 0 Å². The number of carbonyl (C=O) groups excluding carboxylic acids is 1. The molecule has 0 saturated heterocycles. The Labute approximate surface area is 113 Å². The standard InChI is InChI=1S/C15H21NO3/c1-16(10-11-5-3-2-4-6-11)15(19)12-7-13(17)9-14(18)8-12/h7-9,11,17-18H,2-6,10H2,1H3. The van der Waals surface area contributed by atoms with Crippen molar-refractivity contribution in [1.82, 2.24) is 4.90 Å². The quantitative estimate of drug-likeness (QED) is 0.881. The lowest BCUT2D eigenvalue weighted by molar-refractivity contribution is 0.0759. The van der Waals surface area contributed by atoms with Gasteiger partial charge in [-0.15, -0.1) is 0 Å². The van der Waals surface area contributed by atoms with Gasteiger partial charge in [-0.2, -0.15) is 0 Å². The maximum atomic E-state index is 12.2. The number of amides is 1. The summed E-state index contributed by atoms with van der Waals surface area (Å²) in [7, 11) is 1.78. The molecular weight excluding hydrogens is 242 g/mol.